The molecule has 0 bridgehead atoms. The summed E-state index contributed by atoms with van der Waals surface area (Å²) >= 11 is 0. The van der Waals surface area contributed by atoms with E-state index in [0.717, 1.165) is 5.56 Å². The maximum absolute atomic E-state index is 11.3. The van der Waals surface area contributed by atoms with Crippen molar-refractivity contribution in [2.24, 2.45) is 0 Å². The lowest BCUT2D eigenvalue weighted by Gasteiger charge is -2.01. The zero-order valence-electron chi connectivity index (χ0n) is 11.2. The van der Waals surface area contributed by atoms with Crippen LogP contribution in [0.2, 0.25) is 0 Å². The third-order valence-electron chi connectivity index (χ3n) is 3.21. The molecule has 1 heterocycles. The number of phenolic OH excluding ortho intramolecular Hbond substituents is 1. The number of ether oxygens (including phenoxy) is 1. The molecular formula is C16H12O5. The Morgan fingerprint density at radius 3 is 2.48 bits per heavy atom. The molecule has 0 fully saturated rings. The molecule has 3 rings (SSSR count). The number of carbonyl (C=O) groups is 1. The highest BCUT2D eigenvalue weighted by Gasteiger charge is 2.16. The van der Waals surface area contributed by atoms with Crippen LogP contribution in [0.3, 0.4) is 0 Å². The van der Waals surface area contributed by atoms with Crippen LogP contribution in [-0.4, -0.2) is 23.3 Å². The van der Waals surface area contributed by atoms with Gasteiger partial charge < -0.3 is 19.4 Å². The van der Waals surface area contributed by atoms with E-state index in [1.54, 1.807) is 36.4 Å². The second kappa shape index (κ2) is 4.86. The number of furan rings is 1. The molecule has 0 unspecified atom stereocenters. The fourth-order valence-electron chi connectivity index (χ4n) is 2.17. The van der Waals surface area contributed by atoms with E-state index in [9.17, 15) is 15.0 Å². The number of methoxy groups -OCH3 is 1. The number of hydrogen-bond acceptors (Lipinski definition) is 4. The minimum Gasteiger partial charge on any atom is -0.508 e. The number of hydrogen-bond donors (Lipinski definition) is 2. The largest absolute Gasteiger partial charge is 0.508 e. The van der Waals surface area contributed by atoms with E-state index in [-0.39, 0.29) is 11.3 Å². The van der Waals surface area contributed by atoms with E-state index >= 15 is 0 Å². The van der Waals surface area contributed by atoms with Gasteiger partial charge >= 0.3 is 5.97 Å². The van der Waals surface area contributed by atoms with E-state index in [4.69, 9.17) is 9.15 Å². The predicted molar refractivity (Wildman–Crippen MR) is 76.8 cm³/mol. The Bertz CT molecular complexity index is 815. The third kappa shape index (κ3) is 2.29. The number of aromatic carboxylic acids is 1. The molecule has 0 saturated heterocycles. The average molecular weight is 284 g/mol. The third-order valence-corrected chi connectivity index (χ3v) is 3.21. The van der Waals surface area contributed by atoms with Crippen molar-refractivity contribution in [3.63, 3.8) is 0 Å². The fraction of sp³-hybridized carbons (Fsp3) is 0.0625. The molecule has 2 aromatic carbocycles. The van der Waals surface area contributed by atoms with Crippen LogP contribution in [0.4, 0.5) is 0 Å². The Labute approximate surface area is 120 Å². The maximum Gasteiger partial charge on any atom is 0.339 e. The van der Waals surface area contributed by atoms with Gasteiger partial charge in [0.25, 0.3) is 0 Å². The van der Waals surface area contributed by atoms with Crippen LogP contribution in [0.1, 0.15) is 10.4 Å². The molecule has 5 heteroatoms. The molecule has 0 aliphatic carbocycles. The Morgan fingerprint density at radius 1 is 1.14 bits per heavy atom. The molecule has 0 atom stereocenters. The number of carboxylic acid groups (broad SMARTS) is 1. The average Bonchev–Trinajstić information content (AvgIpc) is 2.90. The smallest absolute Gasteiger partial charge is 0.339 e. The van der Waals surface area contributed by atoms with Crippen LogP contribution < -0.4 is 4.74 Å². The molecule has 0 aliphatic rings. The van der Waals surface area contributed by atoms with Crippen molar-refractivity contribution in [1.82, 2.24) is 0 Å². The molecule has 21 heavy (non-hydrogen) atoms. The predicted octanol–water partition coefficient (Wildman–Crippen LogP) is 3.51. The van der Waals surface area contributed by atoms with Crippen molar-refractivity contribution in [3.8, 4) is 22.8 Å². The van der Waals surface area contributed by atoms with Crippen molar-refractivity contribution < 1.29 is 24.2 Å². The van der Waals surface area contributed by atoms with Gasteiger partial charge in [-0.2, -0.15) is 0 Å². The normalized spacial score (nSPS) is 10.7. The zero-order valence-corrected chi connectivity index (χ0v) is 11.2. The van der Waals surface area contributed by atoms with Gasteiger partial charge in [-0.15, -0.1) is 0 Å². The summed E-state index contributed by atoms with van der Waals surface area (Å²) in [7, 11) is 1.48. The van der Waals surface area contributed by atoms with Gasteiger partial charge in [0.2, 0.25) is 0 Å². The summed E-state index contributed by atoms with van der Waals surface area (Å²) in [5.74, 6) is 0.0620. The number of phenols is 1. The van der Waals surface area contributed by atoms with Gasteiger partial charge in [0.1, 0.15) is 28.4 Å². The standard InChI is InChI=1S/C16H12O5/c1-20-12-6-10-7-14(9-2-4-11(17)5-3-9)21-15(10)13(8-12)16(18)19/h2-8,17H,1H3,(H,18,19). The number of benzene rings is 2. The monoisotopic (exact) mass is 284 g/mol. The minimum absolute atomic E-state index is 0.0504. The number of rotatable bonds is 3. The van der Waals surface area contributed by atoms with Gasteiger partial charge in [-0.3, -0.25) is 0 Å². The molecule has 2 N–H and O–H groups in total. The molecule has 0 amide bonds. The Morgan fingerprint density at radius 2 is 1.86 bits per heavy atom. The van der Waals surface area contributed by atoms with Crippen molar-refractivity contribution in [2.45, 2.75) is 0 Å². The van der Waals surface area contributed by atoms with Crippen LogP contribution in [0.25, 0.3) is 22.3 Å². The topological polar surface area (TPSA) is 79.9 Å². The quantitative estimate of drug-likeness (QED) is 0.769. The summed E-state index contributed by atoms with van der Waals surface area (Å²) in [6.07, 6.45) is 0. The fourth-order valence-corrected chi connectivity index (χ4v) is 2.17. The SMILES string of the molecule is COc1cc(C(=O)O)c2oc(-c3ccc(O)cc3)cc2c1. The lowest BCUT2D eigenvalue weighted by molar-refractivity contribution is 0.0697. The van der Waals surface area contributed by atoms with Crippen LogP contribution >= 0.6 is 0 Å². The first kappa shape index (κ1) is 13.1. The summed E-state index contributed by atoms with van der Waals surface area (Å²) in [6, 6.07) is 11.4. The second-order valence-corrected chi connectivity index (χ2v) is 4.56. The molecule has 0 saturated carbocycles. The van der Waals surface area contributed by atoms with Crippen LogP contribution in [0.5, 0.6) is 11.5 Å². The second-order valence-electron chi connectivity index (χ2n) is 4.56. The molecule has 106 valence electrons. The van der Waals surface area contributed by atoms with Gasteiger partial charge in [-0.05, 0) is 42.5 Å². The summed E-state index contributed by atoms with van der Waals surface area (Å²) in [4.78, 5) is 11.3. The minimum atomic E-state index is -1.08. The van der Waals surface area contributed by atoms with Crippen molar-refractivity contribution >= 4 is 16.9 Å². The van der Waals surface area contributed by atoms with Gasteiger partial charge in [0, 0.05) is 10.9 Å². The Kier molecular flexibility index (Phi) is 3.02. The lowest BCUT2D eigenvalue weighted by Crippen LogP contribution is -1.97. The Hall–Kier alpha value is -2.95. The molecule has 0 aliphatic heterocycles. The van der Waals surface area contributed by atoms with Crippen molar-refractivity contribution in [3.05, 3.63) is 48.0 Å². The van der Waals surface area contributed by atoms with Gasteiger partial charge in [-0.25, -0.2) is 4.79 Å². The van der Waals surface area contributed by atoms with E-state index in [1.807, 2.05) is 0 Å². The highest BCUT2D eigenvalue weighted by atomic mass is 16.5. The van der Waals surface area contributed by atoms with E-state index in [0.29, 0.717) is 22.5 Å². The van der Waals surface area contributed by atoms with E-state index < -0.39 is 5.97 Å². The van der Waals surface area contributed by atoms with Gasteiger partial charge in [-0.1, -0.05) is 0 Å². The highest BCUT2D eigenvalue weighted by molar-refractivity contribution is 6.03. The zero-order chi connectivity index (χ0) is 15.0. The van der Waals surface area contributed by atoms with Crippen LogP contribution in [0.15, 0.2) is 46.9 Å². The van der Waals surface area contributed by atoms with E-state index in [1.165, 1.54) is 13.2 Å². The summed E-state index contributed by atoms with van der Waals surface area (Å²) in [5.41, 5.74) is 1.10. The van der Waals surface area contributed by atoms with Crippen molar-refractivity contribution in [2.75, 3.05) is 7.11 Å². The molecule has 5 nitrogen and oxygen atoms in total. The summed E-state index contributed by atoms with van der Waals surface area (Å²) in [5, 5.41) is 19.2. The molecule has 1 aromatic heterocycles. The maximum atomic E-state index is 11.3. The molecule has 0 spiro atoms. The van der Waals surface area contributed by atoms with Gasteiger partial charge in [0.05, 0.1) is 7.11 Å². The summed E-state index contributed by atoms with van der Waals surface area (Å²) < 4.78 is 10.8. The first-order valence-electron chi connectivity index (χ1n) is 6.23. The molecule has 3 aromatic rings. The number of aromatic hydroxyl groups is 1. The molecular weight excluding hydrogens is 272 g/mol. The van der Waals surface area contributed by atoms with Crippen LogP contribution in [-0.2, 0) is 0 Å². The van der Waals surface area contributed by atoms with Crippen LogP contribution in [0, 0.1) is 0 Å². The lowest BCUT2D eigenvalue weighted by atomic mass is 10.1. The van der Waals surface area contributed by atoms with Crippen molar-refractivity contribution in [1.29, 1.82) is 0 Å². The van der Waals surface area contributed by atoms with E-state index in [2.05, 4.69) is 0 Å². The highest BCUT2D eigenvalue weighted by Crippen LogP contribution is 2.33. The Balaban J connectivity index is 2.21. The first-order chi connectivity index (χ1) is 10.1. The molecule has 0 radical (unpaired) electrons. The first-order valence-corrected chi connectivity index (χ1v) is 6.23. The number of fused-ring (bicyclic) bond motifs is 1. The van der Waals surface area contributed by atoms with Gasteiger partial charge in [0.15, 0.2) is 0 Å². The summed E-state index contributed by atoms with van der Waals surface area (Å²) in [6.45, 7) is 0. The number of carboxylic acids is 1.